The van der Waals surface area contributed by atoms with Gasteiger partial charge in [0.25, 0.3) is 0 Å². The Morgan fingerprint density at radius 3 is 2.48 bits per heavy atom. The molecule has 0 aliphatic heterocycles. The third-order valence-corrected chi connectivity index (χ3v) is 4.27. The van der Waals surface area contributed by atoms with Gasteiger partial charge in [0.2, 0.25) is 0 Å². The van der Waals surface area contributed by atoms with E-state index in [0.29, 0.717) is 0 Å². The van der Waals surface area contributed by atoms with Gasteiger partial charge in [0.15, 0.2) is 5.96 Å². The van der Waals surface area contributed by atoms with Crippen LogP contribution in [0.5, 0.6) is 0 Å². The zero-order valence-electron chi connectivity index (χ0n) is 13.7. The lowest BCUT2D eigenvalue weighted by Crippen LogP contribution is -2.38. The van der Waals surface area contributed by atoms with Gasteiger partial charge in [-0.25, -0.2) is 4.98 Å². The summed E-state index contributed by atoms with van der Waals surface area (Å²) in [5.74, 6) is 0.894. The molecule has 0 spiro atoms. The van der Waals surface area contributed by atoms with Crippen LogP contribution in [0.15, 0.2) is 4.99 Å². The minimum Gasteiger partial charge on any atom is -0.356 e. The maximum atomic E-state index is 4.66. The van der Waals surface area contributed by atoms with E-state index in [1.165, 1.54) is 34.8 Å². The predicted molar refractivity (Wildman–Crippen MR) is 104 cm³/mol. The highest BCUT2D eigenvalue weighted by Crippen LogP contribution is 2.17. The second-order valence-corrected chi connectivity index (χ2v) is 6.13. The van der Waals surface area contributed by atoms with Crippen molar-refractivity contribution in [3.8, 4) is 0 Å². The van der Waals surface area contributed by atoms with E-state index in [2.05, 4.69) is 41.4 Å². The van der Waals surface area contributed by atoms with Crippen molar-refractivity contribution in [2.45, 2.75) is 52.9 Å². The first-order valence-corrected chi connectivity index (χ1v) is 8.42. The summed E-state index contributed by atoms with van der Waals surface area (Å²) < 4.78 is 0. The van der Waals surface area contributed by atoms with Crippen LogP contribution in [0.4, 0.5) is 0 Å². The molecule has 0 saturated carbocycles. The number of guanidine groups is 1. The summed E-state index contributed by atoms with van der Waals surface area (Å²) in [7, 11) is 1.82. The molecule has 0 amide bonds. The summed E-state index contributed by atoms with van der Waals surface area (Å²) in [6.45, 7) is 8.40. The normalized spacial score (nSPS) is 11.1. The van der Waals surface area contributed by atoms with Crippen molar-refractivity contribution >= 4 is 41.3 Å². The average Bonchev–Trinajstić information content (AvgIpc) is 2.81. The highest BCUT2D eigenvalue weighted by atomic mass is 127. The second kappa shape index (κ2) is 12.2. The molecule has 122 valence electrons. The quantitative estimate of drug-likeness (QED) is 0.291. The van der Waals surface area contributed by atoms with Crippen LogP contribution in [0.3, 0.4) is 0 Å². The first-order chi connectivity index (χ1) is 9.71. The number of nitrogens with one attached hydrogen (secondary N) is 2. The van der Waals surface area contributed by atoms with Crippen LogP contribution in [-0.2, 0) is 12.8 Å². The zero-order valence-corrected chi connectivity index (χ0v) is 16.8. The second-order valence-electron chi connectivity index (χ2n) is 4.85. The van der Waals surface area contributed by atoms with Gasteiger partial charge in [-0.3, -0.25) is 4.99 Å². The fourth-order valence-electron chi connectivity index (χ4n) is 2.01. The molecule has 1 aromatic rings. The smallest absolute Gasteiger partial charge is 0.190 e. The molecule has 4 nitrogen and oxygen atoms in total. The number of rotatable bonds is 8. The maximum absolute atomic E-state index is 4.66. The molecule has 0 saturated heterocycles. The number of aryl methyl sites for hydroxylation is 2. The molecule has 21 heavy (non-hydrogen) atoms. The van der Waals surface area contributed by atoms with Crippen molar-refractivity contribution in [2.24, 2.45) is 4.99 Å². The first-order valence-electron chi connectivity index (χ1n) is 7.60. The van der Waals surface area contributed by atoms with E-state index < -0.39 is 0 Å². The number of hydrogen-bond donors (Lipinski definition) is 2. The Bertz CT molecular complexity index is 418. The molecule has 0 aliphatic carbocycles. The SMILES string of the molecule is CCCCCNC(=NC)NCCc1nc(CC)c(C)s1.I. The molecule has 0 atom stereocenters. The molecule has 1 heterocycles. The minimum absolute atomic E-state index is 0. The molecule has 6 heteroatoms. The highest BCUT2D eigenvalue weighted by Gasteiger charge is 2.05. The van der Waals surface area contributed by atoms with E-state index in [-0.39, 0.29) is 24.0 Å². The van der Waals surface area contributed by atoms with Crippen molar-refractivity contribution in [2.75, 3.05) is 20.1 Å². The van der Waals surface area contributed by atoms with Gasteiger partial charge in [0.1, 0.15) is 0 Å². The maximum Gasteiger partial charge on any atom is 0.190 e. The van der Waals surface area contributed by atoms with Crippen molar-refractivity contribution in [1.29, 1.82) is 0 Å². The lowest BCUT2D eigenvalue weighted by molar-refractivity contribution is 0.682. The molecule has 0 aromatic carbocycles. The van der Waals surface area contributed by atoms with Crippen LogP contribution in [0, 0.1) is 6.92 Å². The number of thiazole rings is 1. The van der Waals surface area contributed by atoms with Gasteiger partial charge >= 0.3 is 0 Å². The van der Waals surface area contributed by atoms with E-state index in [4.69, 9.17) is 0 Å². The average molecular weight is 424 g/mol. The molecule has 0 aliphatic rings. The van der Waals surface area contributed by atoms with Gasteiger partial charge < -0.3 is 10.6 Å². The van der Waals surface area contributed by atoms with Gasteiger partial charge in [-0.15, -0.1) is 35.3 Å². The van der Waals surface area contributed by atoms with Gasteiger partial charge in [-0.05, 0) is 19.8 Å². The van der Waals surface area contributed by atoms with E-state index >= 15 is 0 Å². The largest absolute Gasteiger partial charge is 0.356 e. The lowest BCUT2D eigenvalue weighted by atomic mass is 10.2. The van der Waals surface area contributed by atoms with Crippen molar-refractivity contribution < 1.29 is 0 Å². The van der Waals surface area contributed by atoms with Crippen LogP contribution < -0.4 is 10.6 Å². The van der Waals surface area contributed by atoms with Crippen molar-refractivity contribution in [1.82, 2.24) is 15.6 Å². The number of aromatic nitrogens is 1. The number of hydrogen-bond acceptors (Lipinski definition) is 3. The third kappa shape index (κ3) is 7.99. The molecule has 0 bridgehead atoms. The fraction of sp³-hybridized carbons (Fsp3) is 0.733. The molecular weight excluding hydrogens is 395 g/mol. The fourth-order valence-corrected chi connectivity index (χ4v) is 3.03. The van der Waals surface area contributed by atoms with Gasteiger partial charge in [-0.1, -0.05) is 26.7 Å². The summed E-state index contributed by atoms with van der Waals surface area (Å²) in [4.78, 5) is 10.2. The molecule has 2 N–H and O–H groups in total. The topological polar surface area (TPSA) is 49.3 Å². The highest BCUT2D eigenvalue weighted by molar-refractivity contribution is 14.0. The third-order valence-electron chi connectivity index (χ3n) is 3.20. The monoisotopic (exact) mass is 424 g/mol. The predicted octanol–water partition coefficient (Wildman–Crippen LogP) is 3.53. The summed E-state index contributed by atoms with van der Waals surface area (Å²) >= 11 is 1.81. The van der Waals surface area contributed by atoms with Crippen molar-refractivity contribution in [3.63, 3.8) is 0 Å². The van der Waals surface area contributed by atoms with E-state index in [9.17, 15) is 0 Å². The number of halogens is 1. The van der Waals surface area contributed by atoms with Crippen LogP contribution in [0.1, 0.15) is 48.7 Å². The first kappa shape index (κ1) is 20.6. The van der Waals surface area contributed by atoms with Crippen molar-refractivity contribution in [3.05, 3.63) is 15.6 Å². The van der Waals surface area contributed by atoms with E-state index in [0.717, 1.165) is 31.9 Å². The van der Waals surface area contributed by atoms with Crippen LogP contribution in [-0.4, -0.2) is 31.1 Å². The van der Waals surface area contributed by atoms with Crippen LogP contribution >= 0.6 is 35.3 Å². The molecule has 1 aromatic heterocycles. The molecule has 0 fully saturated rings. The number of aliphatic imine (C=N–C) groups is 1. The molecular formula is C15H29IN4S. The molecule has 1 rings (SSSR count). The van der Waals surface area contributed by atoms with Gasteiger partial charge in [-0.2, -0.15) is 0 Å². The number of unbranched alkanes of at least 4 members (excludes halogenated alkanes) is 2. The Balaban J connectivity index is 0.00000400. The standard InChI is InChI=1S/C15H28N4S.HI/c1-5-7-8-10-17-15(16-4)18-11-9-14-19-13(6-2)12(3)20-14;/h5-11H2,1-4H3,(H2,16,17,18);1H. The lowest BCUT2D eigenvalue weighted by Gasteiger charge is -2.10. The molecule has 0 unspecified atom stereocenters. The zero-order chi connectivity index (χ0) is 14.8. The Morgan fingerprint density at radius 1 is 1.19 bits per heavy atom. The van der Waals surface area contributed by atoms with E-state index in [1.807, 2.05) is 18.4 Å². The summed E-state index contributed by atoms with van der Waals surface area (Å²) in [6, 6.07) is 0. The van der Waals surface area contributed by atoms with E-state index in [1.54, 1.807) is 0 Å². The van der Waals surface area contributed by atoms with Crippen LogP contribution in [0.2, 0.25) is 0 Å². The van der Waals surface area contributed by atoms with Gasteiger partial charge in [0, 0.05) is 31.4 Å². The summed E-state index contributed by atoms with van der Waals surface area (Å²) in [6.07, 6.45) is 5.69. The summed E-state index contributed by atoms with van der Waals surface area (Å²) in [5, 5.41) is 7.90. The molecule has 0 radical (unpaired) electrons. The summed E-state index contributed by atoms with van der Waals surface area (Å²) in [5.41, 5.74) is 1.24. The Morgan fingerprint density at radius 2 is 1.90 bits per heavy atom. The van der Waals surface area contributed by atoms with Crippen LogP contribution in [0.25, 0.3) is 0 Å². The minimum atomic E-state index is 0. The Hall–Kier alpha value is -0.370. The number of nitrogens with zero attached hydrogens (tertiary/aromatic N) is 2. The Labute approximate surface area is 150 Å². The Kier molecular flexibility index (Phi) is 12.0. The van der Waals surface area contributed by atoms with Gasteiger partial charge in [0.05, 0.1) is 10.7 Å².